The van der Waals surface area contributed by atoms with Crippen LogP contribution in [0.15, 0.2) is 47.2 Å². The van der Waals surface area contributed by atoms with Gasteiger partial charge in [-0.1, -0.05) is 30.3 Å². The summed E-state index contributed by atoms with van der Waals surface area (Å²) in [5, 5.41) is 16.4. The van der Waals surface area contributed by atoms with E-state index in [2.05, 4.69) is 16.8 Å². The highest BCUT2D eigenvalue weighted by atomic mass is 32.1. The minimum absolute atomic E-state index is 0.634. The van der Waals surface area contributed by atoms with Gasteiger partial charge >= 0.3 is 5.97 Å². The minimum Gasteiger partial charge on any atom is -0.480 e. The maximum atomic E-state index is 11.2. The van der Waals surface area contributed by atoms with Gasteiger partial charge in [0.05, 0.1) is 0 Å². The lowest BCUT2D eigenvalue weighted by Gasteiger charge is -2.14. The molecule has 0 fully saturated rings. The molecule has 1 atom stereocenters. The molecule has 3 nitrogen and oxygen atoms in total. The van der Waals surface area contributed by atoms with Gasteiger partial charge in [0.25, 0.3) is 0 Å². The van der Waals surface area contributed by atoms with Gasteiger partial charge in [-0.3, -0.25) is 4.79 Å². The Morgan fingerprint density at radius 1 is 1.28 bits per heavy atom. The number of hydrogen-bond donors (Lipinski definition) is 2. The molecule has 0 aliphatic carbocycles. The molecule has 1 aromatic heterocycles. The summed E-state index contributed by atoms with van der Waals surface area (Å²) < 4.78 is 0. The van der Waals surface area contributed by atoms with E-state index >= 15 is 0 Å². The average Bonchev–Trinajstić information content (AvgIpc) is 2.88. The zero-order valence-corrected chi connectivity index (χ0v) is 10.7. The summed E-state index contributed by atoms with van der Waals surface area (Å²) in [4.78, 5) is 11.2. The first-order chi connectivity index (χ1) is 8.77. The molecule has 0 aliphatic heterocycles. The summed E-state index contributed by atoms with van der Waals surface area (Å²) in [5.41, 5.74) is 2.03. The van der Waals surface area contributed by atoms with E-state index in [0.717, 1.165) is 12.0 Å². The first-order valence-corrected chi connectivity index (χ1v) is 6.74. The molecule has 4 heteroatoms. The summed E-state index contributed by atoms with van der Waals surface area (Å²) in [6.45, 7) is 0.655. The van der Waals surface area contributed by atoms with Crippen molar-refractivity contribution in [1.29, 1.82) is 0 Å². The fraction of sp³-hybridized carbons (Fsp3) is 0.214. The minimum atomic E-state index is -0.841. The van der Waals surface area contributed by atoms with Gasteiger partial charge in [-0.15, -0.1) is 0 Å². The number of thiophene rings is 1. The molecule has 0 saturated heterocycles. The van der Waals surface area contributed by atoms with Crippen LogP contribution in [0.5, 0.6) is 0 Å². The molecule has 0 amide bonds. The highest BCUT2D eigenvalue weighted by Gasteiger charge is 2.18. The van der Waals surface area contributed by atoms with E-state index in [1.54, 1.807) is 11.3 Å². The number of rotatable bonds is 6. The molecule has 18 heavy (non-hydrogen) atoms. The van der Waals surface area contributed by atoms with Crippen LogP contribution >= 0.6 is 11.3 Å². The molecular formula is C14H15NO2S. The molecule has 1 heterocycles. The van der Waals surface area contributed by atoms with Crippen LogP contribution < -0.4 is 5.32 Å². The van der Waals surface area contributed by atoms with Crippen LogP contribution in [0.4, 0.5) is 0 Å². The van der Waals surface area contributed by atoms with Crippen molar-refractivity contribution in [3.05, 3.63) is 58.3 Å². The van der Waals surface area contributed by atoms with Crippen molar-refractivity contribution in [1.82, 2.24) is 5.32 Å². The smallest absolute Gasteiger partial charge is 0.325 e. The van der Waals surface area contributed by atoms with Crippen LogP contribution in [0.2, 0.25) is 0 Å². The maximum absolute atomic E-state index is 11.2. The summed E-state index contributed by atoms with van der Waals surface area (Å²) in [7, 11) is 0. The standard InChI is InChI=1S/C14H15NO2S/c16-14(17)13(12-4-2-1-3-5-12)15-8-6-11-7-9-18-10-11/h1-5,7,9-10,13,15H,6,8H2,(H,16,17). The Balaban J connectivity index is 1.93. The van der Waals surface area contributed by atoms with Crippen molar-refractivity contribution >= 4 is 17.3 Å². The Morgan fingerprint density at radius 2 is 2.06 bits per heavy atom. The molecule has 1 aromatic carbocycles. The first kappa shape index (κ1) is 12.8. The van der Waals surface area contributed by atoms with E-state index in [-0.39, 0.29) is 0 Å². The summed E-state index contributed by atoms with van der Waals surface area (Å²) in [6.07, 6.45) is 0.847. The Bertz CT molecular complexity index is 482. The molecule has 2 rings (SSSR count). The first-order valence-electron chi connectivity index (χ1n) is 5.79. The second-order valence-corrected chi connectivity index (χ2v) is 4.80. The number of nitrogens with one attached hydrogen (secondary N) is 1. The molecule has 1 unspecified atom stereocenters. The lowest BCUT2D eigenvalue weighted by Crippen LogP contribution is -2.30. The molecule has 94 valence electrons. The van der Waals surface area contributed by atoms with Gasteiger partial charge < -0.3 is 10.4 Å². The highest BCUT2D eigenvalue weighted by Crippen LogP contribution is 2.13. The second-order valence-electron chi connectivity index (χ2n) is 4.02. The van der Waals surface area contributed by atoms with E-state index in [0.29, 0.717) is 6.54 Å². The Kier molecular flexibility index (Phi) is 4.50. The van der Waals surface area contributed by atoms with Crippen molar-refractivity contribution in [2.75, 3.05) is 6.54 Å². The fourth-order valence-electron chi connectivity index (χ4n) is 1.79. The number of hydrogen-bond acceptors (Lipinski definition) is 3. The Labute approximate surface area is 110 Å². The third kappa shape index (κ3) is 3.42. The van der Waals surface area contributed by atoms with Gasteiger partial charge in [0, 0.05) is 6.54 Å². The number of carboxylic acid groups (broad SMARTS) is 1. The van der Waals surface area contributed by atoms with Gasteiger partial charge in [0.2, 0.25) is 0 Å². The van der Waals surface area contributed by atoms with Crippen LogP contribution in [0.25, 0.3) is 0 Å². The molecule has 2 N–H and O–H groups in total. The van der Waals surface area contributed by atoms with Crippen molar-refractivity contribution in [2.45, 2.75) is 12.5 Å². The fourth-order valence-corrected chi connectivity index (χ4v) is 2.49. The van der Waals surface area contributed by atoms with Crippen molar-refractivity contribution < 1.29 is 9.90 Å². The summed E-state index contributed by atoms with van der Waals surface area (Å²) in [5.74, 6) is -0.841. The van der Waals surface area contributed by atoms with Crippen LogP contribution in [0.1, 0.15) is 17.2 Å². The Morgan fingerprint density at radius 3 is 2.67 bits per heavy atom. The number of carbonyl (C=O) groups is 1. The van der Waals surface area contributed by atoms with Gasteiger partial charge in [-0.25, -0.2) is 0 Å². The molecule has 2 aromatic rings. The van der Waals surface area contributed by atoms with Gasteiger partial charge in [-0.2, -0.15) is 11.3 Å². The highest BCUT2D eigenvalue weighted by molar-refractivity contribution is 7.07. The number of carboxylic acids is 1. The molecule has 0 spiro atoms. The monoisotopic (exact) mass is 261 g/mol. The molecule has 0 saturated carbocycles. The zero-order valence-electron chi connectivity index (χ0n) is 9.87. The van der Waals surface area contributed by atoms with Crippen LogP contribution in [-0.2, 0) is 11.2 Å². The predicted molar refractivity (Wildman–Crippen MR) is 72.8 cm³/mol. The van der Waals surface area contributed by atoms with Crippen LogP contribution in [-0.4, -0.2) is 17.6 Å². The van der Waals surface area contributed by atoms with E-state index in [1.807, 2.05) is 35.7 Å². The predicted octanol–water partition coefficient (Wildman–Crippen LogP) is 2.71. The quantitative estimate of drug-likeness (QED) is 0.840. The maximum Gasteiger partial charge on any atom is 0.325 e. The van der Waals surface area contributed by atoms with Crippen LogP contribution in [0.3, 0.4) is 0 Å². The van der Waals surface area contributed by atoms with E-state index in [1.165, 1.54) is 5.56 Å². The lowest BCUT2D eigenvalue weighted by molar-refractivity contribution is -0.139. The normalized spacial score (nSPS) is 12.2. The van der Waals surface area contributed by atoms with E-state index in [9.17, 15) is 9.90 Å². The van der Waals surface area contributed by atoms with Crippen LogP contribution in [0, 0.1) is 0 Å². The Hall–Kier alpha value is -1.65. The molecule has 0 aliphatic rings. The van der Waals surface area contributed by atoms with Crippen molar-refractivity contribution in [3.63, 3.8) is 0 Å². The largest absolute Gasteiger partial charge is 0.480 e. The van der Waals surface area contributed by atoms with E-state index in [4.69, 9.17) is 0 Å². The topological polar surface area (TPSA) is 49.3 Å². The van der Waals surface area contributed by atoms with Gasteiger partial charge in [-0.05, 0) is 34.4 Å². The number of benzene rings is 1. The number of aliphatic carboxylic acids is 1. The SMILES string of the molecule is O=C(O)C(NCCc1ccsc1)c1ccccc1. The lowest BCUT2D eigenvalue weighted by atomic mass is 10.1. The zero-order chi connectivity index (χ0) is 12.8. The second kappa shape index (κ2) is 6.33. The molecular weight excluding hydrogens is 246 g/mol. The molecule has 0 bridgehead atoms. The third-order valence-electron chi connectivity index (χ3n) is 2.72. The van der Waals surface area contributed by atoms with Crippen molar-refractivity contribution in [3.8, 4) is 0 Å². The average molecular weight is 261 g/mol. The molecule has 0 radical (unpaired) electrons. The van der Waals surface area contributed by atoms with Gasteiger partial charge in [0.1, 0.15) is 6.04 Å². The summed E-state index contributed by atoms with van der Waals surface area (Å²) >= 11 is 1.66. The third-order valence-corrected chi connectivity index (χ3v) is 3.45. The van der Waals surface area contributed by atoms with Gasteiger partial charge in [0.15, 0.2) is 0 Å². The summed E-state index contributed by atoms with van der Waals surface area (Å²) in [6, 6.07) is 10.7. The van der Waals surface area contributed by atoms with Crippen molar-refractivity contribution in [2.24, 2.45) is 0 Å². The van der Waals surface area contributed by atoms with E-state index < -0.39 is 12.0 Å².